The van der Waals surface area contributed by atoms with E-state index < -0.39 is 0 Å². The van der Waals surface area contributed by atoms with Gasteiger partial charge in [-0.2, -0.15) is 0 Å². The van der Waals surface area contributed by atoms with E-state index in [1.807, 2.05) is 19.9 Å². The molecule has 1 aliphatic rings. The van der Waals surface area contributed by atoms with Gasteiger partial charge in [-0.3, -0.25) is 4.79 Å². The zero-order valence-electron chi connectivity index (χ0n) is 9.62. The van der Waals surface area contributed by atoms with Gasteiger partial charge in [0.15, 0.2) is 0 Å². The highest BCUT2D eigenvalue weighted by Gasteiger charge is 2.29. The van der Waals surface area contributed by atoms with Crippen LogP contribution in [0.4, 0.5) is 0 Å². The number of aliphatic hydroxyl groups excluding tert-OH is 1. The van der Waals surface area contributed by atoms with Crippen molar-refractivity contribution in [1.82, 2.24) is 5.32 Å². The lowest BCUT2D eigenvalue weighted by Gasteiger charge is -2.10. The molecule has 1 amide bonds. The zero-order valence-corrected chi connectivity index (χ0v) is 10.4. The molecule has 2 N–H and O–H groups in total. The van der Waals surface area contributed by atoms with E-state index >= 15 is 0 Å². The number of hydrogen-bond acceptors (Lipinski definition) is 3. The van der Waals surface area contributed by atoms with Gasteiger partial charge in [0.2, 0.25) is 0 Å². The Morgan fingerprint density at radius 2 is 2.31 bits per heavy atom. The fourth-order valence-electron chi connectivity index (χ4n) is 1.80. The SMILES string of the molecule is Cc1cc(C(=O)NCC(O)C2CC2)c(C)s1. The van der Waals surface area contributed by atoms with Crippen LogP contribution < -0.4 is 5.32 Å². The van der Waals surface area contributed by atoms with Crippen molar-refractivity contribution in [3.05, 3.63) is 21.4 Å². The van der Waals surface area contributed by atoms with E-state index in [0.717, 1.165) is 28.2 Å². The third-order valence-electron chi connectivity index (χ3n) is 2.92. The highest BCUT2D eigenvalue weighted by molar-refractivity contribution is 7.12. The lowest BCUT2D eigenvalue weighted by molar-refractivity contribution is 0.0901. The molecule has 1 saturated carbocycles. The van der Waals surface area contributed by atoms with E-state index in [1.54, 1.807) is 11.3 Å². The van der Waals surface area contributed by atoms with Gasteiger partial charge in [-0.05, 0) is 38.7 Å². The first-order valence-corrected chi connectivity index (χ1v) is 6.43. The van der Waals surface area contributed by atoms with Crippen LogP contribution in [-0.4, -0.2) is 23.7 Å². The average Bonchev–Trinajstić information content (AvgIpc) is 3.01. The number of aliphatic hydroxyl groups is 1. The molecule has 0 radical (unpaired) electrons. The predicted octanol–water partition coefficient (Wildman–Crippen LogP) is 1.87. The number of aryl methyl sites for hydroxylation is 2. The van der Waals surface area contributed by atoms with Gasteiger partial charge in [0.25, 0.3) is 5.91 Å². The molecule has 2 rings (SSSR count). The Kier molecular flexibility index (Phi) is 3.30. The largest absolute Gasteiger partial charge is 0.391 e. The van der Waals surface area contributed by atoms with E-state index in [-0.39, 0.29) is 12.0 Å². The standard InChI is InChI=1S/C12H17NO2S/c1-7-5-10(8(2)16-7)12(15)13-6-11(14)9-3-4-9/h5,9,11,14H,3-4,6H2,1-2H3,(H,13,15). The second kappa shape index (κ2) is 4.55. The highest BCUT2D eigenvalue weighted by Crippen LogP contribution is 2.32. The Morgan fingerprint density at radius 1 is 1.62 bits per heavy atom. The van der Waals surface area contributed by atoms with E-state index in [4.69, 9.17) is 0 Å². The molecule has 0 saturated heterocycles. The third-order valence-corrected chi connectivity index (χ3v) is 3.89. The molecule has 4 heteroatoms. The monoisotopic (exact) mass is 239 g/mol. The van der Waals surface area contributed by atoms with Crippen molar-refractivity contribution >= 4 is 17.2 Å². The topological polar surface area (TPSA) is 49.3 Å². The van der Waals surface area contributed by atoms with Crippen molar-refractivity contribution in [2.45, 2.75) is 32.8 Å². The number of rotatable bonds is 4. The average molecular weight is 239 g/mol. The van der Waals surface area contributed by atoms with Gasteiger partial charge in [0.1, 0.15) is 0 Å². The van der Waals surface area contributed by atoms with E-state index in [0.29, 0.717) is 12.5 Å². The van der Waals surface area contributed by atoms with Crippen molar-refractivity contribution in [2.24, 2.45) is 5.92 Å². The summed E-state index contributed by atoms with van der Waals surface area (Å²) in [6, 6.07) is 1.90. The number of hydrogen-bond donors (Lipinski definition) is 2. The first-order valence-electron chi connectivity index (χ1n) is 5.61. The first-order chi connectivity index (χ1) is 7.58. The molecule has 16 heavy (non-hydrogen) atoms. The van der Waals surface area contributed by atoms with Crippen molar-refractivity contribution in [3.8, 4) is 0 Å². The molecular weight excluding hydrogens is 222 g/mol. The quantitative estimate of drug-likeness (QED) is 0.842. The second-order valence-electron chi connectivity index (χ2n) is 4.44. The van der Waals surface area contributed by atoms with Gasteiger partial charge < -0.3 is 10.4 Å². The van der Waals surface area contributed by atoms with E-state index in [1.165, 1.54) is 0 Å². The molecule has 1 aromatic rings. The molecule has 1 fully saturated rings. The van der Waals surface area contributed by atoms with E-state index in [9.17, 15) is 9.90 Å². The Balaban J connectivity index is 1.89. The minimum Gasteiger partial charge on any atom is -0.391 e. The van der Waals surface area contributed by atoms with Gasteiger partial charge in [0.05, 0.1) is 11.7 Å². The Labute approximate surface area is 99.5 Å². The molecule has 1 aliphatic carbocycles. The molecule has 3 nitrogen and oxygen atoms in total. The van der Waals surface area contributed by atoms with Gasteiger partial charge >= 0.3 is 0 Å². The predicted molar refractivity (Wildman–Crippen MR) is 64.9 cm³/mol. The van der Waals surface area contributed by atoms with Crippen LogP contribution in [0.3, 0.4) is 0 Å². The molecule has 1 heterocycles. The van der Waals surface area contributed by atoms with Crippen molar-refractivity contribution in [3.63, 3.8) is 0 Å². The summed E-state index contributed by atoms with van der Waals surface area (Å²) in [5, 5.41) is 12.4. The lowest BCUT2D eigenvalue weighted by atomic mass is 10.2. The van der Waals surface area contributed by atoms with Crippen LogP contribution in [0, 0.1) is 19.8 Å². The van der Waals surface area contributed by atoms with Crippen LogP contribution in [0.25, 0.3) is 0 Å². The normalized spacial score (nSPS) is 17.2. The van der Waals surface area contributed by atoms with Gasteiger partial charge in [-0.25, -0.2) is 0 Å². The number of carbonyl (C=O) groups excluding carboxylic acids is 1. The van der Waals surface area contributed by atoms with Crippen LogP contribution in [0.1, 0.15) is 33.0 Å². The number of amides is 1. The number of carbonyl (C=O) groups is 1. The molecule has 1 aromatic heterocycles. The van der Waals surface area contributed by atoms with Crippen LogP contribution in [0.15, 0.2) is 6.07 Å². The van der Waals surface area contributed by atoms with Crippen molar-refractivity contribution < 1.29 is 9.90 Å². The molecule has 0 spiro atoms. The van der Waals surface area contributed by atoms with Crippen LogP contribution in [-0.2, 0) is 0 Å². The Bertz CT molecular complexity index is 396. The van der Waals surface area contributed by atoms with Crippen LogP contribution in [0.5, 0.6) is 0 Å². The fourth-order valence-corrected chi connectivity index (χ4v) is 2.72. The molecule has 88 valence electrons. The maximum absolute atomic E-state index is 11.8. The highest BCUT2D eigenvalue weighted by atomic mass is 32.1. The maximum Gasteiger partial charge on any atom is 0.252 e. The summed E-state index contributed by atoms with van der Waals surface area (Å²) in [6.45, 7) is 4.31. The zero-order chi connectivity index (χ0) is 11.7. The second-order valence-corrected chi connectivity index (χ2v) is 5.90. The fraction of sp³-hybridized carbons (Fsp3) is 0.583. The van der Waals surface area contributed by atoms with Gasteiger partial charge in [-0.15, -0.1) is 11.3 Å². The molecule has 0 aromatic carbocycles. The van der Waals surface area contributed by atoms with Gasteiger partial charge in [0, 0.05) is 16.3 Å². The smallest absolute Gasteiger partial charge is 0.252 e. The molecular formula is C12H17NO2S. The summed E-state index contributed by atoms with van der Waals surface area (Å²) >= 11 is 1.63. The minimum atomic E-state index is -0.371. The molecule has 1 unspecified atom stereocenters. The number of nitrogens with one attached hydrogen (secondary N) is 1. The summed E-state index contributed by atoms with van der Waals surface area (Å²) in [4.78, 5) is 14.0. The van der Waals surface area contributed by atoms with Crippen molar-refractivity contribution in [1.29, 1.82) is 0 Å². The van der Waals surface area contributed by atoms with Crippen LogP contribution in [0.2, 0.25) is 0 Å². The third kappa shape index (κ3) is 2.62. The van der Waals surface area contributed by atoms with E-state index in [2.05, 4.69) is 5.32 Å². The minimum absolute atomic E-state index is 0.0680. The van der Waals surface area contributed by atoms with Crippen molar-refractivity contribution in [2.75, 3.05) is 6.54 Å². The van der Waals surface area contributed by atoms with Crippen LogP contribution >= 0.6 is 11.3 Å². The Morgan fingerprint density at radius 3 is 2.81 bits per heavy atom. The molecule has 0 bridgehead atoms. The first kappa shape index (κ1) is 11.6. The Hall–Kier alpha value is -0.870. The van der Waals surface area contributed by atoms with Gasteiger partial charge in [-0.1, -0.05) is 0 Å². The lowest BCUT2D eigenvalue weighted by Crippen LogP contribution is -2.33. The summed E-state index contributed by atoms with van der Waals surface area (Å²) in [5.74, 6) is 0.340. The summed E-state index contributed by atoms with van der Waals surface area (Å²) in [7, 11) is 0. The summed E-state index contributed by atoms with van der Waals surface area (Å²) < 4.78 is 0. The maximum atomic E-state index is 11.8. The molecule has 1 atom stereocenters. The number of thiophene rings is 1. The molecule has 0 aliphatic heterocycles. The summed E-state index contributed by atoms with van der Waals surface area (Å²) in [5.41, 5.74) is 0.741. The summed E-state index contributed by atoms with van der Waals surface area (Å²) in [6.07, 6.45) is 1.81.